The van der Waals surface area contributed by atoms with Gasteiger partial charge < -0.3 is 5.73 Å². The lowest BCUT2D eigenvalue weighted by molar-refractivity contribution is 0.115. The molecule has 118 valence electrons. The average molecular weight is 287 g/mol. The van der Waals surface area contributed by atoms with Crippen LogP contribution in [0.2, 0.25) is 0 Å². The first-order valence-electron chi connectivity index (χ1n) is 8.61. The number of hydrogen-bond acceptors (Lipinski definition) is 1. The van der Waals surface area contributed by atoms with Crippen LogP contribution in [0.1, 0.15) is 69.6 Å². The van der Waals surface area contributed by atoms with Gasteiger partial charge in [0.2, 0.25) is 0 Å². The maximum atomic E-state index is 6.78. The Hall–Kier alpha value is -0.820. The van der Waals surface area contributed by atoms with E-state index in [9.17, 15) is 0 Å². The zero-order valence-corrected chi connectivity index (χ0v) is 14.6. The molecule has 1 aliphatic carbocycles. The normalized spacial score (nSPS) is 26.9. The van der Waals surface area contributed by atoms with Gasteiger partial charge in [-0.3, -0.25) is 0 Å². The van der Waals surface area contributed by atoms with Gasteiger partial charge in [0.25, 0.3) is 0 Å². The third-order valence-corrected chi connectivity index (χ3v) is 6.17. The molecule has 1 fully saturated rings. The van der Waals surface area contributed by atoms with E-state index in [1.165, 1.54) is 48.8 Å². The van der Waals surface area contributed by atoms with Gasteiger partial charge in [0.15, 0.2) is 0 Å². The van der Waals surface area contributed by atoms with Crippen LogP contribution in [-0.4, -0.2) is 5.54 Å². The second kappa shape index (κ2) is 6.12. The molecule has 1 heteroatoms. The fourth-order valence-corrected chi connectivity index (χ4v) is 3.92. The zero-order valence-electron chi connectivity index (χ0n) is 14.6. The van der Waals surface area contributed by atoms with Gasteiger partial charge in [-0.25, -0.2) is 0 Å². The highest BCUT2D eigenvalue weighted by Gasteiger charge is 2.37. The maximum Gasteiger partial charge on any atom is 0.0195 e. The van der Waals surface area contributed by atoms with E-state index in [1.807, 2.05) is 0 Å². The smallest absolute Gasteiger partial charge is 0.0195 e. The van der Waals surface area contributed by atoms with Gasteiger partial charge in [-0.05, 0) is 74.0 Å². The molecule has 1 aromatic rings. The van der Waals surface area contributed by atoms with Gasteiger partial charge in [0.05, 0.1) is 0 Å². The molecule has 0 aliphatic heterocycles. The molecule has 1 aliphatic rings. The molecule has 0 heterocycles. The Morgan fingerprint density at radius 3 is 2.14 bits per heavy atom. The lowest BCUT2D eigenvalue weighted by Gasteiger charge is -2.43. The lowest BCUT2D eigenvalue weighted by Crippen LogP contribution is -2.47. The fraction of sp³-hybridized carbons (Fsp3) is 0.700. The molecule has 0 saturated heterocycles. The van der Waals surface area contributed by atoms with E-state index in [1.54, 1.807) is 0 Å². The van der Waals surface area contributed by atoms with E-state index >= 15 is 0 Å². The average Bonchev–Trinajstić information content (AvgIpc) is 2.44. The molecule has 0 atom stereocenters. The molecule has 0 amide bonds. The van der Waals surface area contributed by atoms with Crippen molar-refractivity contribution in [1.82, 2.24) is 0 Å². The summed E-state index contributed by atoms with van der Waals surface area (Å²) < 4.78 is 0. The molecule has 0 spiro atoms. The Kier molecular flexibility index (Phi) is 4.82. The van der Waals surface area contributed by atoms with Crippen LogP contribution in [0.3, 0.4) is 0 Å². The second-order valence-corrected chi connectivity index (χ2v) is 8.03. The van der Waals surface area contributed by atoms with Crippen molar-refractivity contribution < 1.29 is 0 Å². The largest absolute Gasteiger partial charge is 0.325 e. The first-order chi connectivity index (χ1) is 9.77. The van der Waals surface area contributed by atoms with Crippen molar-refractivity contribution in [2.45, 2.75) is 78.7 Å². The molecule has 0 radical (unpaired) electrons. The fourth-order valence-electron chi connectivity index (χ4n) is 3.92. The third-order valence-electron chi connectivity index (χ3n) is 6.17. The predicted octanol–water partition coefficient (Wildman–Crippen LogP) is 5.17. The standard InChI is InChI=1S/C20H33N/c1-6-19(4,5)17-10-12-20(21,13-11-17)14-18-15(2)8-7-9-16(18)3/h7-9,17H,6,10-14,21H2,1-5H3. The Bertz CT molecular complexity index is 458. The SMILES string of the molecule is CCC(C)(C)C1CCC(N)(Cc2c(C)cccc2C)CC1. The lowest BCUT2D eigenvalue weighted by atomic mass is 9.64. The molecular formula is C20H33N. The van der Waals surface area contributed by atoms with Crippen molar-refractivity contribution in [3.05, 3.63) is 34.9 Å². The third kappa shape index (κ3) is 3.69. The summed E-state index contributed by atoms with van der Waals surface area (Å²) in [5, 5.41) is 0. The van der Waals surface area contributed by atoms with Gasteiger partial charge in [0.1, 0.15) is 0 Å². The minimum absolute atomic E-state index is 0.0111. The number of aryl methyl sites for hydroxylation is 2. The van der Waals surface area contributed by atoms with Gasteiger partial charge in [-0.15, -0.1) is 0 Å². The second-order valence-electron chi connectivity index (χ2n) is 8.03. The van der Waals surface area contributed by atoms with Gasteiger partial charge in [0, 0.05) is 5.54 Å². The molecule has 1 aromatic carbocycles. The summed E-state index contributed by atoms with van der Waals surface area (Å²) in [5.41, 5.74) is 11.5. The monoisotopic (exact) mass is 287 g/mol. The molecule has 0 unspecified atom stereocenters. The highest BCUT2D eigenvalue weighted by Crippen LogP contribution is 2.43. The molecule has 2 rings (SSSR count). The molecule has 2 N–H and O–H groups in total. The highest BCUT2D eigenvalue weighted by atomic mass is 14.7. The van der Waals surface area contributed by atoms with E-state index < -0.39 is 0 Å². The Labute approximate surface area is 131 Å². The Morgan fingerprint density at radius 2 is 1.67 bits per heavy atom. The van der Waals surface area contributed by atoms with E-state index in [4.69, 9.17) is 5.73 Å². The first kappa shape index (κ1) is 16.5. The van der Waals surface area contributed by atoms with E-state index in [0.717, 1.165) is 12.3 Å². The first-order valence-corrected chi connectivity index (χ1v) is 8.61. The molecule has 0 aromatic heterocycles. The van der Waals surface area contributed by atoms with Crippen molar-refractivity contribution in [2.75, 3.05) is 0 Å². The van der Waals surface area contributed by atoms with Crippen molar-refractivity contribution in [2.24, 2.45) is 17.1 Å². The topological polar surface area (TPSA) is 26.0 Å². The summed E-state index contributed by atoms with van der Waals surface area (Å²) in [7, 11) is 0. The van der Waals surface area contributed by atoms with Gasteiger partial charge >= 0.3 is 0 Å². The summed E-state index contributed by atoms with van der Waals surface area (Å²) in [6.45, 7) is 11.6. The van der Waals surface area contributed by atoms with Gasteiger partial charge in [-0.2, -0.15) is 0 Å². The number of nitrogens with two attached hydrogens (primary N) is 1. The van der Waals surface area contributed by atoms with Crippen LogP contribution in [0.15, 0.2) is 18.2 Å². The van der Waals surface area contributed by atoms with Crippen molar-refractivity contribution in [1.29, 1.82) is 0 Å². The minimum atomic E-state index is 0.0111. The Balaban J connectivity index is 2.06. The van der Waals surface area contributed by atoms with Crippen LogP contribution >= 0.6 is 0 Å². The van der Waals surface area contributed by atoms with Crippen LogP contribution in [0.4, 0.5) is 0 Å². The number of rotatable bonds is 4. The van der Waals surface area contributed by atoms with Crippen molar-refractivity contribution >= 4 is 0 Å². The van der Waals surface area contributed by atoms with E-state index in [0.29, 0.717) is 5.41 Å². The summed E-state index contributed by atoms with van der Waals surface area (Å²) >= 11 is 0. The van der Waals surface area contributed by atoms with Crippen LogP contribution in [-0.2, 0) is 6.42 Å². The van der Waals surface area contributed by atoms with Gasteiger partial charge in [-0.1, -0.05) is 45.4 Å². The highest BCUT2D eigenvalue weighted by molar-refractivity contribution is 5.35. The zero-order chi connectivity index (χ0) is 15.7. The molecule has 0 bridgehead atoms. The number of benzene rings is 1. The summed E-state index contributed by atoms with van der Waals surface area (Å²) in [6.07, 6.45) is 7.26. The summed E-state index contributed by atoms with van der Waals surface area (Å²) in [5.74, 6) is 0.845. The molecule has 1 nitrogen and oxygen atoms in total. The summed E-state index contributed by atoms with van der Waals surface area (Å²) in [4.78, 5) is 0. The van der Waals surface area contributed by atoms with E-state index in [-0.39, 0.29) is 5.54 Å². The Morgan fingerprint density at radius 1 is 1.14 bits per heavy atom. The van der Waals surface area contributed by atoms with Crippen LogP contribution < -0.4 is 5.73 Å². The van der Waals surface area contributed by atoms with Crippen LogP contribution in [0.5, 0.6) is 0 Å². The van der Waals surface area contributed by atoms with Crippen molar-refractivity contribution in [3.63, 3.8) is 0 Å². The molecular weight excluding hydrogens is 254 g/mol. The predicted molar refractivity (Wildman–Crippen MR) is 92.6 cm³/mol. The molecule has 21 heavy (non-hydrogen) atoms. The quantitative estimate of drug-likeness (QED) is 0.812. The molecule has 1 saturated carbocycles. The summed E-state index contributed by atoms with van der Waals surface area (Å²) in [6, 6.07) is 6.59. The van der Waals surface area contributed by atoms with Crippen LogP contribution in [0, 0.1) is 25.2 Å². The van der Waals surface area contributed by atoms with E-state index in [2.05, 4.69) is 52.8 Å². The minimum Gasteiger partial charge on any atom is -0.325 e. The van der Waals surface area contributed by atoms with Crippen molar-refractivity contribution in [3.8, 4) is 0 Å². The maximum absolute atomic E-state index is 6.78. The number of hydrogen-bond donors (Lipinski definition) is 1. The van der Waals surface area contributed by atoms with Crippen LogP contribution in [0.25, 0.3) is 0 Å².